The number of likely N-dealkylation sites (tertiary alicyclic amines) is 1. The summed E-state index contributed by atoms with van der Waals surface area (Å²) in [5, 5.41) is 6.52. The first kappa shape index (κ1) is 25.3. The molecular formula is C27H34BrN3O2S. The van der Waals surface area contributed by atoms with Gasteiger partial charge in [-0.1, -0.05) is 35.9 Å². The lowest BCUT2D eigenvalue weighted by atomic mass is 10.0. The van der Waals surface area contributed by atoms with E-state index in [0.29, 0.717) is 11.0 Å². The average molecular weight is 545 g/mol. The number of rotatable bonds is 7. The standard InChI is InChI=1S/C27H34BrN3O2S/c1-19-2-4-20(5-3-19)17-26(34)27(32)30-22-10-14-31(15-11-22)18-21-6-7-25(24(28)16-21)33-23-8-12-29-13-9-23/h2-7,16-17,22-23,29,34H,8-15,18H2,1H3,(H,30,32)/b26-17-. The number of hydrogen-bond acceptors (Lipinski definition) is 5. The van der Waals surface area contributed by atoms with E-state index in [4.69, 9.17) is 4.74 Å². The number of halogens is 1. The lowest BCUT2D eigenvalue weighted by molar-refractivity contribution is -0.117. The van der Waals surface area contributed by atoms with Crippen molar-refractivity contribution in [2.45, 2.75) is 51.3 Å². The third-order valence-electron chi connectivity index (χ3n) is 6.52. The highest BCUT2D eigenvalue weighted by Gasteiger charge is 2.22. The molecule has 4 rings (SSSR count). The van der Waals surface area contributed by atoms with Gasteiger partial charge in [0.25, 0.3) is 5.91 Å². The molecule has 5 nitrogen and oxygen atoms in total. The van der Waals surface area contributed by atoms with E-state index in [1.807, 2.05) is 37.3 Å². The molecule has 0 spiro atoms. The summed E-state index contributed by atoms with van der Waals surface area (Å²) in [6.07, 6.45) is 6.10. The molecule has 0 bridgehead atoms. The van der Waals surface area contributed by atoms with Crippen LogP contribution in [0.5, 0.6) is 5.75 Å². The number of aryl methyl sites for hydroxylation is 1. The number of nitrogens with zero attached hydrogens (tertiary/aromatic N) is 1. The van der Waals surface area contributed by atoms with Crippen LogP contribution in [0.3, 0.4) is 0 Å². The van der Waals surface area contributed by atoms with Gasteiger partial charge in [-0.25, -0.2) is 0 Å². The average Bonchev–Trinajstić information content (AvgIpc) is 2.84. The summed E-state index contributed by atoms with van der Waals surface area (Å²) in [6, 6.07) is 14.7. The summed E-state index contributed by atoms with van der Waals surface area (Å²) in [5.41, 5.74) is 3.45. The Bertz CT molecular complexity index is 997. The molecule has 7 heteroatoms. The maximum Gasteiger partial charge on any atom is 0.257 e. The molecule has 2 aliphatic rings. The highest BCUT2D eigenvalue weighted by atomic mass is 79.9. The Morgan fingerprint density at radius 2 is 1.85 bits per heavy atom. The number of piperidine rings is 2. The first-order valence-corrected chi connectivity index (χ1v) is 13.4. The van der Waals surface area contributed by atoms with Crippen LogP contribution in [0.15, 0.2) is 51.8 Å². The van der Waals surface area contributed by atoms with Gasteiger partial charge < -0.3 is 15.4 Å². The highest BCUT2D eigenvalue weighted by molar-refractivity contribution is 9.10. The minimum atomic E-state index is -0.101. The summed E-state index contributed by atoms with van der Waals surface area (Å²) >= 11 is 8.12. The predicted octanol–water partition coefficient (Wildman–Crippen LogP) is 4.94. The Morgan fingerprint density at radius 3 is 2.53 bits per heavy atom. The van der Waals surface area contributed by atoms with Crippen molar-refractivity contribution in [3.8, 4) is 5.75 Å². The Labute approximate surface area is 216 Å². The molecule has 0 saturated carbocycles. The summed E-state index contributed by atoms with van der Waals surface area (Å²) in [4.78, 5) is 15.5. The molecule has 182 valence electrons. The number of nitrogens with one attached hydrogen (secondary N) is 2. The zero-order valence-electron chi connectivity index (χ0n) is 19.7. The molecule has 0 atom stereocenters. The van der Waals surface area contributed by atoms with Gasteiger partial charge in [0, 0.05) is 25.7 Å². The number of amides is 1. The Balaban J connectivity index is 1.23. The second-order valence-electron chi connectivity index (χ2n) is 9.30. The summed E-state index contributed by atoms with van der Waals surface area (Å²) in [7, 11) is 0. The number of carbonyl (C=O) groups excluding carboxylic acids is 1. The van der Waals surface area contributed by atoms with Crippen LogP contribution in [0, 0.1) is 6.92 Å². The largest absolute Gasteiger partial charge is 0.489 e. The van der Waals surface area contributed by atoms with Crippen LogP contribution in [-0.4, -0.2) is 49.1 Å². The molecule has 2 heterocycles. The molecule has 2 saturated heterocycles. The van der Waals surface area contributed by atoms with Gasteiger partial charge in [0.05, 0.1) is 9.38 Å². The van der Waals surface area contributed by atoms with Crippen LogP contribution in [0.4, 0.5) is 0 Å². The van der Waals surface area contributed by atoms with Gasteiger partial charge in [0.2, 0.25) is 0 Å². The second kappa shape index (κ2) is 12.2. The van der Waals surface area contributed by atoms with Crippen molar-refractivity contribution in [3.05, 3.63) is 68.5 Å². The van der Waals surface area contributed by atoms with Gasteiger partial charge in [-0.15, -0.1) is 12.6 Å². The third-order valence-corrected chi connectivity index (χ3v) is 7.47. The van der Waals surface area contributed by atoms with Crippen LogP contribution in [0.1, 0.15) is 42.4 Å². The maximum atomic E-state index is 12.6. The van der Waals surface area contributed by atoms with Gasteiger partial charge in [0.1, 0.15) is 11.9 Å². The molecule has 0 aliphatic carbocycles. The summed E-state index contributed by atoms with van der Waals surface area (Å²) < 4.78 is 7.21. The molecule has 2 aromatic carbocycles. The van der Waals surface area contributed by atoms with E-state index in [1.54, 1.807) is 0 Å². The topological polar surface area (TPSA) is 53.6 Å². The van der Waals surface area contributed by atoms with Gasteiger partial charge in [-0.05, 0) is 91.0 Å². The van der Waals surface area contributed by atoms with Crippen molar-refractivity contribution in [2.24, 2.45) is 0 Å². The van der Waals surface area contributed by atoms with Crippen molar-refractivity contribution in [2.75, 3.05) is 26.2 Å². The lowest BCUT2D eigenvalue weighted by Gasteiger charge is -2.32. The molecule has 2 aromatic rings. The van der Waals surface area contributed by atoms with Gasteiger partial charge in [-0.2, -0.15) is 0 Å². The van der Waals surface area contributed by atoms with E-state index < -0.39 is 0 Å². The first-order chi connectivity index (χ1) is 16.5. The molecule has 34 heavy (non-hydrogen) atoms. The summed E-state index contributed by atoms with van der Waals surface area (Å²) in [5.74, 6) is 0.828. The Kier molecular flexibility index (Phi) is 9.11. The van der Waals surface area contributed by atoms with E-state index >= 15 is 0 Å². The van der Waals surface area contributed by atoms with E-state index in [-0.39, 0.29) is 11.9 Å². The minimum Gasteiger partial charge on any atom is -0.489 e. The van der Waals surface area contributed by atoms with Crippen LogP contribution in [-0.2, 0) is 11.3 Å². The van der Waals surface area contributed by atoms with Crippen molar-refractivity contribution in [1.82, 2.24) is 15.5 Å². The highest BCUT2D eigenvalue weighted by Crippen LogP contribution is 2.29. The van der Waals surface area contributed by atoms with Crippen LogP contribution >= 0.6 is 28.6 Å². The second-order valence-corrected chi connectivity index (χ2v) is 10.6. The molecule has 2 aliphatic heterocycles. The number of benzene rings is 2. The summed E-state index contributed by atoms with van der Waals surface area (Å²) in [6.45, 7) is 6.91. The zero-order valence-corrected chi connectivity index (χ0v) is 22.2. The fourth-order valence-electron chi connectivity index (χ4n) is 4.47. The van der Waals surface area contributed by atoms with Gasteiger partial charge in [0.15, 0.2) is 0 Å². The van der Waals surface area contributed by atoms with E-state index in [0.717, 1.165) is 74.2 Å². The van der Waals surface area contributed by atoms with E-state index in [9.17, 15) is 4.79 Å². The van der Waals surface area contributed by atoms with Crippen molar-refractivity contribution in [3.63, 3.8) is 0 Å². The monoisotopic (exact) mass is 543 g/mol. The van der Waals surface area contributed by atoms with Gasteiger partial charge >= 0.3 is 0 Å². The SMILES string of the molecule is Cc1ccc(/C=C(\S)C(=O)NC2CCN(Cc3ccc(OC4CCNCC4)c(Br)c3)CC2)cc1. The fraction of sp³-hybridized carbons (Fsp3) is 0.444. The van der Waals surface area contributed by atoms with Gasteiger partial charge in [-0.3, -0.25) is 9.69 Å². The zero-order chi connectivity index (χ0) is 23.9. The quantitative estimate of drug-likeness (QED) is 0.342. The fourth-order valence-corrected chi connectivity index (χ4v) is 5.20. The van der Waals surface area contributed by atoms with E-state index in [1.165, 1.54) is 11.1 Å². The molecule has 0 aromatic heterocycles. The maximum absolute atomic E-state index is 12.6. The predicted molar refractivity (Wildman–Crippen MR) is 145 cm³/mol. The van der Waals surface area contributed by atoms with Crippen molar-refractivity contribution < 1.29 is 9.53 Å². The normalized spacial score (nSPS) is 18.6. The number of hydrogen-bond donors (Lipinski definition) is 3. The van der Waals surface area contributed by atoms with Crippen molar-refractivity contribution in [1.29, 1.82) is 0 Å². The Morgan fingerprint density at radius 1 is 1.15 bits per heavy atom. The first-order valence-electron chi connectivity index (χ1n) is 12.1. The molecule has 0 radical (unpaired) electrons. The molecule has 2 fully saturated rings. The molecule has 0 unspecified atom stereocenters. The number of thiol groups is 1. The smallest absolute Gasteiger partial charge is 0.257 e. The molecular weight excluding hydrogens is 510 g/mol. The number of carbonyl (C=O) groups is 1. The lowest BCUT2D eigenvalue weighted by Crippen LogP contribution is -2.44. The third kappa shape index (κ3) is 7.35. The van der Waals surface area contributed by atoms with E-state index in [2.05, 4.69) is 62.3 Å². The van der Waals surface area contributed by atoms with Crippen LogP contribution in [0.2, 0.25) is 0 Å². The van der Waals surface area contributed by atoms with Crippen LogP contribution in [0.25, 0.3) is 6.08 Å². The number of ether oxygens (including phenoxy) is 1. The molecule has 1 amide bonds. The minimum absolute atomic E-state index is 0.101. The molecule has 2 N–H and O–H groups in total. The van der Waals surface area contributed by atoms with Crippen LogP contribution < -0.4 is 15.4 Å². The van der Waals surface area contributed by atoms with Crippen molar-refractivity contribution >= 4 is 40.5 Å². The Hall–Kier alpha value is -1.80.